The van der Waals surface area contributed by atoms with Crippen LogP contribution in [-0.4, -0.2) is 16.0 Å². The van der Waals surface area contributed by atoms with E-state index in [9.17, 15) is 0 Å². The highest BCUT2D eigenvalue weighted by Gasteiger charge is 2.15. The summed E-state index contributed by atoms with van der Waals surface area (Å²) in [6, 6.07) is 11.0. The van der Waals surface area contributed by atoms with Gasteiger partial charge in [0.05, 0.1) is 0 Å². The van der Waals surface area contributed by atoms with Crippen molar-refractivity contribution in [1.29, 1.82) is 0 Å². The molecule has 1 aliphatic carbocycles. The van der Waals surface area contributed by atoms with Crippen molar-refractivity contribution in [2.45, 2.75) is 52.1 Å². The van der Waals surface area contributed by atoms with Crippen molar-refractivity contribution in [3.63, 3.8) is 0 Å². The fourth-order valence-corrected chi connectivity index (χ4v) is 2.98. The highest BCUT2D eigenvalue weighted by Crippen LogP contribution is 2.22. The number of benzene rings is 1. The van der Waals surface area contributed by atoms with Crippen LogP contribution in [0, 0.1) is 13.8 Å². The fourth-order valence-electron chi connectivity index (χ4n) is 2.98. The van der Waals surface area contributed by atoms with Crippen molar-refractivity contribution in [3.05, 3.63) is 47.2 Å². The number of aryl methyl sites for hydroxylation is 2. The van der Waals surface area contributed by atoms with Crippen molar-refractivity contribution >= 4 is 11.8 Å². The summed E-state index contributed by atoms with van der Waals surface area (Å²) in [5.74, 6) is 1.63. The molecule has 4 heteroatoms. The van der Waals surface area contributed by atoms with E-state index in [2.05, 4.69) is 51.8 Å². The van der Waals surface area contributed by atoms with E-state index in [1.165, 1.54) is 36.8 Å². The molecule has 0 bridgehead atoms. The summed E-state index contributed by atoms with van der Waals surface area (Å²) < 4.78 is 0. The maximum absolute atomic E-state index is 4.61. The third-order valence-electron chi connectivity index (χ3n) is 4.26. The Hall–Kier alpha value is -2.10. The average Bonchev–Trinajstić information content (AvgIpc) is 2.99. The Morgan fingerprint density at radius 2 is 1.86 bits per heavy atom. The van der Waals surface area contributed by atoms with Crippen LogP contribution in [0.3, 0.4) is 0 Å². The predicted molar refractivity (Wildman–Crippen MR) is 91.2 cm³/mol. The molecule has 1 aromatic carbocycles. The molecule has 0 saturated heterocycles. The van der Waals surface area contributed by atoms with Crippen LogP contribution in [0.5, 0.6) is 0 Å². The molecule has 0 unspecified atom stereocenters. The van der Waals surface area contributed by atoms with Gasteiger partial charge < -0.3 is 10.6 Å². The summed E-state index contributed by atoms with van der Waals surface area (Å²) in [5, 5.41) is 6.89. The molecule has 2 N–H and O–H groups in total. The molecule has 1 heterocycles. The smallest absolute Gasteiger partial charge is 0.225 e. The number of nitrogens with one attached hydrogen (secondary N) is 2. The Balaban J connectivity index is 1.68. The predicted octanol–water partition coefficient (Wildman–Crippen LogP) is 4.06. The second-order valence-electron chi connectivity index (χ2n) is 6.12. The first-order valence-electron chi connectivity index (χ1n) is 8.11. The van der Waals surface area contributed by atoms with E-state index in [1.807, 2.05) is 13.0 Å². The van der Waals surface area contributed by atoms with E-state index in [4.69, 9.17) is 0 Å². The minimum atomic E-state index is 0.568. The Kier molecular flexibility index (Phi) is 4.56. The molecule has 1 aliphatic rings. The molecule has 0 amide bonds. The third-order valence-corrected chi connectivity index (χ3v) is 4.26. The van der Waals surface area contributed by atoms with Gasteiger partial charge in [-0.1, -0.05) is 37.1 Å². The van der Waals surface area contributed by atoms with Crippen molar-refractivity contribution in [1.82, 2.24) is 9.97 Å². The Bertz CT molecular complexity index is 633. The molecule has 1 aromatic heterocycles. The molecule has 1 saturated carbocycles. The molecule has 0 atom stereocenters. The summed E-state index contributed by atoms with van der Waals surface area (Å²) >= 11 is 0. The zero-order valence-corrected chi connectivity index (χ0v) is 13.4. The standard InChI is InChI=1S/C18H24N4/c1-13-7-3-4-8-15(13)12-19-18-20-14(2)11-17(22-18)21-16-9-5-6-10-16/h3-4,7-8,11,16H,5-6,9-10,12H2,1-2H3,(H2,19,20,21,22). The fraction of sp³-hybridized carbons (Fsp3) is 0.444. The zero-order chi connectivity index (χ0) is 15.4. The first-order chi connectivity index (χ1) is 10.7. The van der Waals surface area contributed by atoms with Gasteiger partial charge >= 0.3 is 0 Å². The van der Waals surface area contributed by atoms with Gasteiger partial charge in [-0.05, 0) is 37.8 Å². The first-order valence-corrected chi connectivity index (χ1v) is 8.11. The summed E-state index contributed by atoms with van der Waals surface area (Å²) in [4.78, 5) is 9.10. The summed E-state index contributed by atoms with van der Waals surface area (Å²) in [6.45, 7) is 4.89. The van der Waals surface area contributed by atoms with Gasteiger partial charge in [-0.2, -0.15) is 4.98 Å². The molecule has 0 radical (unpaired) electrons. The van der Waals surface area contributed by atoms with Crippen LogP contribution in [0.4, 0.5) is 11.8 Å². The van der Waals surface area contributed by atoms with Gasteiger partial charge in [-0.15, -0.1) is 0 Å². The van der Waals surface area contributed by atoms with Crippen molar-refractivity contribution in [3.8, 4) is 0 Å². The average molecular weight is 296 g/mol. The lowest BCUT2D eigenvalue weighted by atomic mass is 10.1. The van der Waals surface area contributed by atoms with Gasteiger partial charge in [0.15, 0.2) is 0 Å². The van der Waals surface area contributed by atoms with Crippen molar-refractivity contribution in [2.24, 2.45) is 0 Å². The number of anilines is 2. The van der Waals surface area contributed by atoms with E-state index in [-0.39, 0.29) is 0 Å². The van der Waals surface area contributed by atoms with Crippen LogP contribution in [-0.2, 0) is 6.54 Å². The molecule has 0 aliphatic heterocycles. The van der Waals surface area contributed by atoms with E-state index in [1.54, 1.807) is 0 Å². The minimum Gasteiger partial charge on any atom is -0.367 e. The maximum Gasteiger partial charge on any atom is 0.225 e. The van der Waals surface area contributed by atoms with Gasteiger partial charge in [0.1, 0.15) is 5.82 Å². The van der Waals surface area contributed by atoms with Crippen LogP contribution in [0.2, 0.25) is 0 Å². The molecular weight excluding hydrogens is 272 g/mol. The number of aromatic nitrogens is 2. The molecule has 116 valence electrons. The molecule has 0 spiro atoms. The summed E-state index contributed by atoms with van der Waals surface area (Å²) in [6.07, 6.45) is 5.13. The first kappa shape index (κ1) is 14.8. The minimum absolute atomic E-state index is 0.568. The largest absolute Gasteiger partial charge is 0.367 e. The SMILES string of the molecule is Cc1cc(NC2CCCC2)nc(NCc2ccccc2C)n1. The van der Waals surface area contributed by atoms with E-state index >= 15 is 0 Å². The van der Waals surface area contributed by atoms with Crippen molar-refractivity contribution in [2.75, 3.05) is 10.6 Å². The van der Waals surface area contributed by atoms with Crippen LogP contribution in [0.15, 0.2) is 30.3 Å². The number of hydrogen-bond donors (Lipinski definition) is 2. The van der Waals surface area contributed by atoms with Crippen LogP contribution in [0.1, 0.15) is 42.5 Å². The maximum atomic E-state index is 4.61. The molecule has 4 nitrogen and oxygen atoms in total. The lowest BCUT2D eigenvalue weighted by molar-refractivity contribution is 0.749. The Labute approximate surface area is 132 Å². The van der Waals surface area contributed by atoms with Gasteiger partial charge in [0, 0.05) is 24.3 Å². The van der Waals surface area contributed by atoms with Gasteiger partial charge in [0.2, 0.25) is 5.95 Å². The highest BCUT2D eigenvalue weighted by atomic mass is 15.1. The van der Waals surface area contributed by atoms with Crippen LogP contribution < -0.4 is 10.6 Å². The van der Waals surface area contributed by atoms with Crippen LogP contribution in [0.25, 0.3) is 0 Å². The molecular formula is C18H24N4. The Morgan fingerprint density at radius 3 is 2.64 bits per heavy atom. The van der Waals surface area contributed by atoms with Crippen LogP contribution >= 0.6 is 0 Å². The highest BCUT2D eigenvalue weighted by molar-refractivity contribution is 5.43. The lowest BCUT2D eigenvalue weighted by Crippen LogP contribution is -2.16. The second-order valence-corrected chi connectivity index (χ2v) is 6.12. The normalized spacial score (nSPS) is 15.0. The van der Waals surface area contributed by atoms with E-state index in [0.717, 1.165) is 18.1 Å². The zero-order valence-electron chi connectivity index (χ0n) is 13.4. The topological polar surface area (TPSA) is 49.8 Å². The van der Waals surface area contributed by atoms with Gasteiger partial charge in [0.25, 0.3) is 0 Å². The molecule has 22 heavy (non-hydrogen) atoms. The second kappa shape index (κ2) is 6.77. The van der Waals surface area contributed by atoms with Gasteiger partial charge in [-0.25, -0.2) is 4.98 Å². The third kappa shape index (κ3) is 3.75. The number of rotatable bonds is 5. The monoisotopic (exact) mass is 296 g/mol. The quantitative estimate of drug-likeness (QED) is 0.873. The molecule has 2 aromatic rings. The molecule has 3 rings (SSSR count). The van der Waals surface area contributed by atoms with Crippen molar-refractivity contribution < 1.29 is 0 Å². The lowest BCUT2D eigenvalue weighted by Gasteiger charge is -2.14. The number of nitrogens with zero attached hydrogens (tertiary/aromatic N) is 2. The molecule has 1 fully saturated rings. The Morgan fingerprint density at radius 1 is 1.09 bits per heavy atom. The van der Waals surface area contributed by atoms with E-state index < -0.39 is 0 Å². The van der Waals surface area contributed by atoms with E-state index in [0.29, 0.717) is 12.0 Å². The summed E-state index contributed by atoms with van der Waals surface area (Å²) in [7, 11) is 0. The number of hydrogen-bond acceptors (Lipinski definition) is 4. The van der Waals surface area contributed by atoms with Gasteiger partial charge in [-0.3, -0.25) is 0 Å². The summed E-state index contributed by atoms with van der Waals surface area (Å²) in [5.41, 5.74) is 3.55.